The molecule has 0 spiro atoms. The summed E-state index contributed by atoms with van der Waals surface area (Å²) in [6.45, 7) is 0.213. The number of aromatic nitrogens is 1. The van der Waals surface area contributed by atoms with E-state index in [1.54, 1.807) is 0 Å². The molecular formula is C10H10ClF3N2O. The van der Waals surface area contributed by atoms with Crippen molar-refractivity contribution in [3.05, 3.63) is 22.8 Å². The number of hydrogen-bond donors (Lipinski definition) is 1. The average Bonchev–Trinajstić information content (AvgIpc) is 2.94. The van der Waals surface area contributed by atoms with Gasteiger partial charge in [0.2, 0.25) is 5.88 Å². The van der Waals surface area contributed by atoms with Gasteiger partial charge in [0.15, 0.2) is 0 Å². The Balaban J connectivity index is 2.09. The number of rotatable bonds is 3. The first-order valence-electron chi connectivity index (χ1n) is 4.95. The van der Waals surface area contributed by atoms with E-state index in [0.717, 1.165) is 18.9 Å². The van der Waals surface area contributed by atoms with E-state index in [1.807, 2.05) is 0 Å². The number of halogens is 4. The Labute approximate surface area is 101 Å². The summed E-state index contributed by atoms with van der Waals surface area (Å²) in [6.07, 6.45) is -2.09. The minimum absolute atomic E-state index is 0.0172. The Morgan fingerprint density at radius 3 is 2.59 bits per heavy atom. The predicted octanol–water partition coefficient (Wildman–Crippen LogP) is 2.62. The van der Waals surface area contributed by atoms with E-state index in [-0.39, 0.29) is 23.0 Å². The van der Waals surface area contributed by atoms with Crippen LogP contribution >= 0.6 is 11.6 Å². The lowest BCUT2D eigenvalue weighted by Gasteiger charge is -2.12. The van der Waals surface area contributed by atoms with Gasteiger partial charge in [-0.05, 0) is 18.9 Å². The molecular weight excluding hydrogens is 257 g/mol. The van der Waals surface area contributed by atoms with Crippen LogP contribution in [0.4, 0.5) is 13.2 Å². The third kappa shape index (κ3) is 3.01. The third-order valence-electron chi connectivity index (χ3n) is 2.52. The largest absolute Gasteiger partial charge is 0.475 e. The highest BCUT2D eigenvalue weighted by molar-refractivity contribution is 6.31. The summed E-state index contributed by atoms with van der Waals surface area (Å²) < 4.78 is 42.2. The molecule has 0 bridgehead atoms. The molecule has 1 saturated carbocycles. The number of alkyl halides is 3. The lowest BCUT2D eigenvalue weighted by molar-refractivity contribution is -0.137. The SMILES string of the molecule is NC1(COc2ncc(C(F)(F)F)cc2Cl)CC1. The van der Waals surface area contributed by atoms with Gasteiger partial charge >= 0.3 is 6.18 Å². The van der Waals surface area contributed by atoms with Gasteiger partial charge < -0.3 is 10.5 Å². The van der Waals surface area contributed by atoms with Crippen LogP contribution in [-0.4, -0.2) is 17.1 Å². The van der Waals surface area contributed by atoms with E-state index in [4.69, 9.17) is 22.1 Å². The van der Waals surface area contributed by atoms with Gasteiger partial charge in [-0.3, -0.25) is 0 Å². The zero-order chi connectivity index (χ0) is 12.7. The van der Waals surface area contributed by atoms with Gasteiger partial charge in [0.1, 0.15) is 11.6 Å². The molecule has 94 valence electrons. The standard InChI is InChI=1S/C10H10ClF3N2O/c11-7-3-6(10(12,13)14)4-16-8(7)17-5-9(15)1-2-9/h3-4H,1-2,5,15H2. The third-order valence-corrected chi connectivity index (χ3v) is 2.79. The van der Waals surface area contributed by atoms with E-state index in [2.05, 4.69) is 4.98 Å². The summed E-state index contributed by atoms with van der Waals surface area (Å²) in [5, 5.41) is -0.163. The fourth-order valence-electron chi connectivity index (χ4n) is 1.20. The lowest BCUT2D eigenvalue weighted by atomic mass is 10.3. The molecule has 0 unspecified atom stereocenters. The smallest absolute Gasteiger partial charge is 0.417 e. The Hall–Kier alpha value is -1.01. The summed E-state index contributed by atoms with van der Waals surface area (Å²) in [5.74, 6) is -0.0172. The molecule has 1 heterocycles. The van der Waals surface area contributed by atoms with Gasteiger partial charge in [-0.25, -0.2) is 4.98 Å². The highest BCUT2D eigenvalue weighted by Crippen LogP contribution is 2.35. The molecule has 0 aliphatic heterocycles. The summed E-state index contributed by atoms with van der Waals surface area (Å²) in [4.78, 5) is 3.55. The zero-order valence-electron chi connectivity index (χ0n) is 8.72. The Kier molecular flexibility index (Phi) is 2.95. The maximum Gasteiger partial charge on any atom is 0.417 e. The van der Waals surface area contributed by atoms with Crippen molar-refractivity contribution in [1.82, 2.24) is 4.98 Å². The van der Waals surface area contributed by atoms with Gasteiger partial charge in [-0.15, -0.1) is 0 Å². The van der Waals surface area contributed by atoms with Crippen LogP contribution in [0, 0.1) is 0 Å². The maximum absolute atomic E-state index is 12.3. The fraction of sp³-hybridized carbons (Fsp3) is 0.500. The summed E-state index contributed by atoms with van der Waals surface area (Å²) >= 11 is 5.66. The topological polar surface area (TPSA) is 48.1 Å². The maximum atomic E-state index is 12.3. The van der Waals surface area contributed by atoms with E-state index in [1.165, 1.54) is 0 Å². The molecule has 7 heteroatoms. The molecule has 17 heavy (non-hydrogen) atoms. The number of nitrogens with zero attached hydrogens (tertiary/aromatic N) is 1. The number of ether oxygens (including phenoxy) is 1. The molecule has 1 fully saturated rings. The van der Waals surface area contributed by atoms with Crippen molar-refractivity contribution in [2.75, 3.05) is 6.61 Å². The van der Waals surface area contributed by atoms with Crippen molar-refractivity contribution in [3.8, 4) is 5.88 Å². The van der Waals surface area contributed by atoms with Crippen LogP contribution in [0.3, 0.4) is 0 Å². The van der Waals surface area contributed by atoms with Crippen molar-refractivity contribution in [2.24, 2.45) is 5.73 Å². The van der Waals surface area contributed by atoms with Gasteiger partial charge in [0, 0.05) is 6.20 Å². The molecule has 1 aliphatic rings. The van der Waals surface area contributed by atoms with Gasteiger partial charge in [0.25, 0.3) is 0 Å². The van der Waals surface area contributed by atoms with E-state index >= 15 is 0 Å². The molecule has 1 aliphatic carbocycles. The second kappa shape index (κ2) is 4.03. The minimum Gasteiger partial charge on any atom is -0.475 e. The van der Waals surface area contributed by atoms with E-state index in [9.17, 15) is 13.2 Å². The fourth-order valence-corrected chi connectivity index (χ4v) is 1.42. The number of hydrogen-bond acceptors (Lipinski definition) is 3. The lowest BCUT2D eigenvalue weighted by Crippen LogP contribution is -2.30. The molecule has 0 aromatic carbocycles. The van der Waals surface area contributed by atoms with Crippen molar-refractivity contribution in [1.29, 1.82) is 0 Å². The first kappa shape index (κ1) is 12.4. The normalized spacial score (nSPS) is 17.9. The monoisotopic (exact) mass is 266 g/mol. The Morgan fingerprint density at radius 2 is 2.12 bits per heavy atom. The summed E-state index contributed by atoms with van der Waals surface area (Å²) in [5.41, 5.74) is 4.50. The number of nitrogens with two attached hydrogens (primary N) is 1. The van der Waals surface area contributed by atoms with Gasteiger partial charge in [-0.1, -0.05) is 11.6 Å². The summed E-state index contributed by atoms with van der Waals surface area (Å²) in [6, 6.07) is 0.792. The Bertz CT molecular complexity index is 432. The second-order valence-corrected chi connectivity index (χ2v) is 4.57. The van der Waals surface area contributed by atoms with E-state index < -0.39 is 11.7 Å². The van der Waals surface area contributed by atoms with Crippen molar-refractivity contribution in [2.45, 2.75) is 24.6 Å². The van der Waals surface area contributed by atoms with Gasteiger partial charge in [-0.2, -0.15) is 13.2 Å². The molecule has 1 aromatic heterocycles. The predicted molar refractivity (Wildman–Crippen MR) is 55.9 cm³/mol. The van der Waals surface area contributed by atoms with Crippen LogP contribution in [0.1, 0.15) is 18.4 Å². The minimum atomic E-state index is -4.46. The van der Waals surface area contributed by atoms with Crippen LogP contribution in [0.25, 0.3) is 0 Å². The van der Waals surface area contributed by atoms with Crippen molar-refractivity contribution >= 4 is 11.6 Å². The van der Waals surface area contributed by atoms with Crippen LogP contribution in [0.2, 0.25) is 5.02 Å². The zero-order valence-corrected chi connectivity index (χ0v) is 9.48. The van der Waals surface area contributed by atoms with E-state index in [0.29, 0.717) is 6.20 Å². The molecule has 2 rings (SSSR count). The quantitative estimate of drug-likeness (QED) is 0.915. The second-order valence-electron chi connectivity index (χ2n) is 4.16. The number of pyridine rings is 1. The highest BCUT2D eigenvalue weighted by atomic mass is 35.5. The first-order chi connectivity index (χ1) is 7.80. The molecule has 3 nitrogen and oxygen atoms in total. The first-order valence-corrected chi connectivity index (χ1v) is 5.32. The van der Waals surface area contributed by atoms with Crippen molar-refractivity contribution in [3.63, 3.8) is 0 Å². The average molecular weight is 267 g/mol. The molecule has 1 aromatic rings. The molecule has 0 atom stereocenters. The molecule has 0 radical (unpaired) electrons. The van der Waals surface area contributed by atoms with Crippen LogP contribution in [0.15, 0.2) is 12.3 Å². The van der Waals surface area contributed by atoms with Crippen LogP contribution in [-0.2, 0) is 6.18 Å². The summed E-state index contributed by atoms with van der Waals surface area (Å²) in [7, 11) is 0. The van der Waals surface area contributed by atoms with Crippen LogP contribution < -0.4 is 10.5 Å². The molecule has 0 saturated heterocycles. The van der Waals surface area contributed by atoms with Gasteiger partial charge in [0.05, 0.1) is 11.1 Å². The van der Waals surface area contributed by atoms with Crippen LogP contribution in [0.5, 0.6) is 5.88 Å². The molecule has 0 amide bonds. The molecule has 2 N–H and O–H groups in total. The Morgan fingerprint density at radius 1 is 1.47 bits per heavy atom. The highest BCUT2D eigenvalue weighted by Gasteiger charge is 2.39. The van der Waals surface area contributed by atoms with Crippen molar-refractivity contribution < 1.29 is 17.9 Å².